The number of hydrogen-bond donors (Lipinski definition) is 0. The zero-order valence-electron chi connectivity index (χ0n) is 12.4. The van der Waals surface area contributed by atoms with E-state index >= 15 is 0 Å². The maximum absolute atomic E-state index is 6.20. The van der Waals surface area contributed by atoms with Crippen LogP contribution in [0.3, 0.4) is 0 Å². The molecule has 5 heteroatoms. The van der Waals surface area contributed by atoms with Crippen molar-refractivity contribution in [2.24, 2.45) is 0 Å². The Balaban J connectivity index is 1.73. The van der Waals surface area contributed by atoms with Crippen LogP contribution in [0.2, 0.25) is 0 Å². The number of para-hydroxylation sites is 1. The number of furan rings is 1. The molecule has 5 rings (SSSR count). The van der Waals surface area contributed by atoms with E-state index in [1.807, 2.05) is 36.4 Å². The third-order valence-corrected chi connectivity index (χ3v) is 5.53. The van der Waals surface area contributed by atoms with Crippen LogP contribution in [0, 0.1) is 0 Å². The van der Waals surface area contributed by atoms with Gasteiger partial charge in [0.25, 0.3) is 0 Å². The number of pyridine rings is 1. The summed E-state index contributed by atoms with van der Waals surface area (Å²) in [6.07, 6.45) is 3.66. The van der Waals surface area contributed by atoms with Crippen molar-refractivity contribution in [1.82, 2.24) is 9.97 Å². The van der Waals surface area contributed by atoms with Crippen molar-refractivity contribution in [1.29, 1.82) is 0 Å². The molecule has 1 atom stereocenters. The molecule has 1 fully saturated rings. The van der Waals surface area contributed by atoms with E-state index in [-0.39, 0.29) is 0 Å². The summed E-state index contributed by atoms with van der Waals surface area (Å²) < 4.78 is 13.5. The maximum atomic E-state index is 6.20. The van der Waals surface area contributed by atoms with Gasteiger partial charge in [-0.3, -0.25) is 4.98 Å². The van der Waals surface area contributed by atoms with Gasteiger partial charge in [0.2, 0.25) is 0 Å². The molecular formula is C18H14N2O2S. The smallest absolute Gasteiger partial charge is 0.177 e. The first kappa shape index (κ1) is 13.2. The Morgan fingerprint density at radius 2 is 2.04 bits per heavy atom. The van der Waals surface area contributed by atoms with E-state index in [2.05, 4.69) is 11.1 Å². The van der Waals surface area contributed by atoms with Crippen molar-refractivity contribution >= 4 is 32.7 Å². The normalized spacial score (nSPS) is 21.4. The quantitative estimate of drug-likeness (QED) is 0.545. The lowest BCUT2D eigenvalue weighted by atomic mass is 9.98. The Kier molecular flexibility index (Phi) is 2.80. The van der Waals surface area contributed by atoms with Crippen LogP contribution in [0.15, 0.2) is 53.1 Å². The minimum Gasteiger partial charge on any atom is -0.456 e. The molecule has 0 bridgehead atoms. The van der Waals surface area contributed by atoms with Gasteiger partial charge in [0, 0.05) is 18.9 Å². The van der Waals surface area contributed by atoms with E-state index in [9.17, 15) is 0 Å². The second-order valence-electron chi connectivity index (χ2n) is 5.76. The Bertz CT molecular complexity index is 856. The van der Waals surface area contributed by atoms with Gasteiger partial charge in [0.1, 0.15) is 16.3 Å². The number of aromatic nitrogens is 2. The van der Waals surface area contributed by atoms with Gasteiger partial charge in [0.15, 0.2) is 11.2 Å². The highest BCUT2D eigenvalue weighted by atomic mass is 32.1. The predicted octanol–water partition coefficient (Wildman–Crippen LogP) is 4.49. The highest BCUT2D eigenvalue weighted by Gasteiger charge is 2.45. The summed E-state index contributed by atoms with van der Waals surface area (Å²) in [5.74, 6) is 0.808. The summed E-state index contributed by atoms with van der Waals surface area (Å²) in [6, 6.07) is 14.0. The van der Waals surface area contributed by atoms with Crippen LogP contribution in [-0.2, 0) is 10.3 Å². The Morgan fingerprint density at radius 3 is 2.87 bits per heavy atom. The summed E-state index contributed by atoms with van der Waals surface area (Å²) in [5.41, 5.74) is 2.08. The van der Waals surface area contributed by atoms with Crippen molar-refractivity contribution in [2.45, 2.75) is 18.4 Å². The maximum Gasteiger partial charge on any atom is 0.177 e. The van der Waals surface area contributed by atoms with Crippen LogP contribution in [-0.4, -0.2) is 16.6 Å². The Hall–Kier alpha value is -2.24. The molecule has 4 nitrogen and oxygen atoms in total. The molecule has 0 saturated carbocycles. The zero-order valence-corrected chi connectivity index (χ0v) is 13.2. The van der Waals surface area contributed by atoms with Gasteiger partial charge in [0.05, 0.1) is 10.2 Å². The lowest BCUT2D eigenvalue weighted by Crippen LogP contribution is -2.25. The van der Waals surface area contributed by atoms with E-state index in [1.54, 1.807) is 17.5 Å². The number of ether oxygens (including phenoxy) is 1. The second-order valence-corrected chi connectivity index (χ2v) is 6.79. The summed E-state index contributed by atoms with van der Waals surface area (Å²) in [7, 11) is 0. The molecule has 1 aromatic carbocycles. The first-order chi connectivity index (χ1) is 11.4. The van der Waals surface area contributed by atoms with Gasteiger partial charge in [-0.1, -0.05) is 12.1 Å². The fourth-order valence-corrected chi connectivity index (χ4v) is 4.37. The van der Waals surface area contributed by atoms with Gasteiger partial charge in [-0.05, 0) is 37.1 Å². The van der Waals surface area contributed by atoms with E-state index in [1.165, 1.54) is 4.70 Å². The minimum absolute atomic E-state index is 0.579. The number of hydrogen-bond acceptors (Lipinski definition) is 5. The summed E-state index contributed by atoms with van der Waals surface area (Å²) in [5, 5.41) is 0.968. The number of rotatable bonds is 2. The van der Waals surface area contributed by atoms with Crippen molar-refractivity contribution in [3.63, 3.8) is 0 Å². The lowest BCUT2D eigenvalue weighted by molar-refractivity contribution is 0.0193. The topological polar surface area (TPSA) is 48.2 Å². The minimum atomic E-state index is -0.579. The van der Waals surface area contributed by atoms with Crippen LogP contribution in [0.4, 0.5) is 0 Å². The molecule has 1 aliphatic rings. The highest BCUT2D eigenvalue weighted by Crippen LogP contribution is 2.46. The molecule has 4 heterocycles. The van der Waals surface area contributed by atoms with Crippen LogP contribution in [0.25, 0.3) is 21.3 Å². The van der Waals surface area contributed by atoms with Crippen LogP contribution in [0.5, 0.6) is 0 Å². The Morgan fingerprint density at radius 1 is 1.09 bits per heavy atom. The predicted molar refractivity (Wildman–Crippen MR) is 89.6 cm³/mol. The number of nitrogens with zero attached hydrogens (tertiary/aromatic N) is 2. The molecule has 114 valence electrons. The first-order valence-corrected chi connectivity index (χ1v) is 8.52. The first-order valence-electron chi connectivity index (χ1n) is 7.70. The molecule has 0 spiro atoms. The molecule has 0 aliphatic carbocycles. The summed E-state index contributed by atoms with van der Waals surface area (Å²) in [6.45, 7) is 0.723. The molecule has 0 amide bonds. The molecule has 1 saturated heterocycles. The fourth-order valence-electron chi connectivity index (χ4n) is 3.22. The SMILES string of the molecule is c1ccc2sc(C3(c4cc5ncccc5o4)CCCO3)nc2c1. The number of fused-ring (bicyclic) bond motifs is 2. The van der Waals surface area contributed by atoms with Gasteiger partial charge < -0.3 is 9.15 Å². The fraction of sp³-hybridized carbons (Fsp3) is 0.222. The third-order valence-electron chi connectivity index (χ3n) is 4.35. The lowest BCUT2D eigenvalue weighted by Gasteiger charge is -2.23. The van der Waals surface area contributed by atoms with Crippen LogP contribution >= 0.6 is 11.3 Å². The Labute approximate surface area is 136 Å². The molecule has 1 aliphatic heterocycles. The van der Waals surface area contributed by atoms with Gasteiger partial charge in [-0.15, -0.1) is 11.3 Å². The van der Waals surface area contributed by atoms with E-state index in [0.717, 1.165) is 46.8 Å². The molecule has 0 N–H and O–H groups in total. The molecule has 4 aromatic rings. The van der Waals surface area contributed by atoms with Gasteiger partial charge in [-0.25, -0.2) is 4.98 Å². The van der Waals surface area contributed by atoms with E-state index in [4.69, 9.17) is 14.1 Å². The van der Waals surface area contributed by atoms with E-state index < -0.39 is 5.60 Å². The number of thiazole rings is 1. The van der Waals surface area contributed by atoms with E-state index in [0.29, 0.717) is 0 Å². The molecular weight excluding hydrogens is 308 g/mol. The monoisotopic (exact) mass is 322 g/mol. The average Bonchev–Trinajstić information content (AvgIpc) is 3.31. The largest absolute Gasteiger partial charge is 0.456 e. The zero-order chi connectivity index (χ0) is 15.3. The van der Waals surface area contributed by atoms with Crippen molar-refractivity contribution in [2.75, 3.05) is 6.61 Å². The van der Waals surface area contributed by atoms with Gasteiger partial charge >= 0.3 is 0 Å². The summed E-state index contributed by atoms with van der Waals surface area (Å²) >= 11 is 1.68. The third kappa shape index (κ3) is 1.93. The van der Waals surface area contributed by atoms with Gasteiger partial charge in [-0.2, -0.15) is 0 Å². The number of benzene rings is 1. The van der Waals surface area contributed by atoms with Crippen molar-refractivity contribution < 1.29 is 9.15 Å². The van der Waals surface area contributed by atoms with Crippen molar-refractivity contribution in [3.8, 4) is 0 Å². The molecule has 0 radical (unpaired) electrons. The average molecular weight is 322 g/mol. The molecule has 1 unspecified atom stereocenters. The van der Waals surface area contributed by atoms with Crippen molar-refractivity contribution in [3.05, 3.63) is 59.4 Å². The summed E-state index contributed by atoms with van der Waals surface area (Å²) in [4.78, 5) is 9.20. The molecule has 3 aromatic heterocycles. The standard InChI is InChI=1S/C18H14N2O2S/c1-2-7-15-12(5-1)20-17(23-15)18(8-4-10-21-18)16-11-13-14(22-16)6-3-9-19-13/h1-3,5-7,9,11H,4,8,10H2. The highest BCUT2D eigenvalue weighted by molar-refractivity contribution is 7.18. The van der Waals surface area contributed by atoms with Crippen LogP contribution < -0.4 is 0 Å². The molecule has 23 heavy (non-hydrogen) atoms. The second kappa shape index (κ2) is 4.88. The van der Waals surface area contributed by atoms with Crippen LogP contribution in [0.1, 0.15) is 23.6 Å².